The molecule has 6 heteroatoms. The molecule has 0 atom stereocenters. The molecule has 0 aliphatic heterocycles. The smallest absolute Gasteiger partial charge is 0.337 e. The zero-order valence-corrected chi connectivity index (χ0v) is 13.6. The SMILES string of the molecule is Cc1ccc(C(=O)O)c(NC(=O)Cc2c[nH]c3cccc(Cl)c23)c1. The quantitative estimate of drug-likeness (QED) is 0.670. The van der Waals surface area contributed by atoms with Crippen LogP contribution in [0.5, 0.6) is 0 Å². The number of benzene rings is 2. The lowest BCUT2D eigenvalue weighted by molar-refractivity contribution is -0.115. The normalized spacial score (nSPS) is 10.8. The number of H-pyrrole nitrogens is 1. The molecule has 1 heterocycles. The zero-order chi connectivity index (χ0) is 17.3. The first-order valence-electron chi connectivity index (χ1n) is 7.34. The van der Waals surface area contributed by atoms with Gasteiger partial charge in [-0.3, -0.25) is 4.79 Å². The van der Waals surface area contributed by atoms with Gasteiger partial charge in [0.05, 0.1) is 22.7 Å². The van der Waals surface area contributed by atoms with Crippen LogP contribution >= 0.6 is 11.6 Å². The maximum atomic E-state index is 12.4. The van der Waals surface area contributed by atoms with Crippen LogP contribution in [0.2, 0.25) is 5.02 Å². The van der Waals surface area contributed by atoms with E-state index in [9.17, 15) is 14.7 Å². The molecule has 3 N–H and O–H groups in total. The van der Waals surface area contributed by atoms with E-state index >= 15 is 0 Å². The van der Waals surface area contributed by atoms with Gasteiger partial charge in [0.1, 0.15) is 0 Å². The average Bonchev–Trinajstić information content (AvgIpc) is 2.91. The van der Waals surface area contributed by atoms with Crippen molar-refractivity contribution in [2.45, 2.75) is 13.3 Å². The summed E-state index contributed by atoms with van der Waals surface area (Å²) in [7, 11) is 0. The number of aromatic amines is 1. The lowest BCUT2D eigenvalue weighted by atomic mass is 10.1. The molecule has 0 aliphatic carbocycles. The number of carbonyl (C=O) groups is 2. The third-order valence-electron chi connectivity index (χ3n) is 3.77. The molecule has 1 aromatic heterocycles. The van der Waals surface area contributed by atoms with E-state index in [1.54, 1.807) is 24.4 Å². The summed E-state index contributed by atoms with van der Waals surface area (Å²) in [6.07, 6.45) is 1.83. The Morgan fingerprint density at radius 2 is 2.04 bits per heavy atom. The van der Waals surface area contributed by atoms with Gasteiger partial charge in [-0.1, -0.05) is 23.7 Å². The number of carboxylic acid groups (broad SMARTS) is 1. The van der Waals surface area contributed by atoms with Gasteiger partial charge in [0, 0.05) is 17.1 Å². The molecule has 5 nitrogen and oxygen atoms in total. The monoisotopic (exact) mass is 342 g/mol. The molecule has 0 bridgehead atoms. The van der Waals surface area contributed by atoms with Crippen LogP contribution in [0.15, 0.2) is 42.6 Å². The number of rotatable bonds is 4. The molecule has 24 heavy (non-hydrogen) atoms. The van der Waals surface area contributed by atoms with Crippen molar-refractivity contribution in [2.24, 2.45) is 0 Å². The standard InChI is InChI=1S/C18H15ClN2O3/c1-10-5-6-12(18(23)24)15(7-10)21-16(22)8-11-9-20-14-4-2-3-13(19)17(11)14/h2-7,9,20H,8H2,1H3,(H,21,22)(H,23,24). The van der Waals surface area contributed by atoms with Crippen LogP contribution in [0.25, 0.3) is 10.9 Å². The number of hydrogen-bond donors (Lipinski definition) is 3. The summed E-state index contributed by atoms with van der Waals surface area (Å²) < 4.78 is 0. The molecule has 0 spiro atoms. The molecular formula is C18H15ClN2O3. The minimum atomic E-state index is -1.08. The van der Waals surface area contributed by atoms with Crippen molar-refractivity contribution in [3.63, 3.8) is 0 Å². The minimum absolute atomic E-state index is 0.0610. The number of amides is 1. The topological polar surface area (TPSA) is 82.2 Å². The van der Waals surface area contributed by atoms with Crippen LogP contribution in [0.1, 0.15) is 21.5 Å². The summed E-state index contributed by atoms with van der Waals surface area (Å²) in [5, 5.41) is 13.3. The van der Waals surface area contributed by atoms with Crippen molar-refractivity contribution in [3.8, 4) is 0 Å². The number of fused-ring (bicyclic) bond motifs is 1. The Kier molecular flexibility index (Phi) is 4.27. The molecular weight excluding hydrogens is 328 g/mol. The van der Waals surface area contributed by atoms with Crippen molar-refractivity contribution in [3.05, 3.63) is 64.3 Å². The predicted octanol–water partition coefficient (Wildman–Crippen LogP) is 4.01. The number of hydrogen-bond acceptors (Lipinski definition) is 2. The van der Waals surface area contributed by atoms with Gasteiger partial charge in [-0.2, -0.15) is 0 Å². The van der Waals surface area contributed by atoms with E-state index in [-0.39, 0.29) is 17.9 Å². The Bertz CT molecular complexity index is 947. The van der Waals surface area contributed by atoms with Gasteiger partial charge in [0.2, 0.25) is 5.91 Å². The number of aromatic nitrogens is 1. The Morgan fingerprint density at radius 3 is 2.79 bits per heavy atom. The second-order valence-electron chi connectivity index (χ2n) is 5.56. The summed E-state index contributed by atoms with van der Waals surface area (Å²) in [6, 6.07) is 10.3. The predicted molar refractivity (Wildman–Crippen MR) is 93.8 cm³/mol. The molecule has 1 amide bonds. The molecule has 0 radical (unpaired) electrons. The highest BCUT2D eigenvalue weighted by atomic mass is 35.5. The molecule has 3 aromatic rings. The third-order valence-corrected chi connectivity index (χ3v) is 4.08. The second-order valence-corrected chi connectivity index (χ2v) is 5.96. The fourth-order valence-electron chi connectivity index (χ4n) is 2.66. The molecule has 2 aromatic carbocycles. The largest absolute Gasteiger partial charge is 0.478 e. The number of anilines is 1. The highest BCUT2D eigenvalue weighted by Gasteiger charge is 2.15. The highest BCUT2D eigenvalue weighted by Crippen LogP contribution is 2.27. The van der Waals surface area contributed by atoms with Gasteiger partial charge in [-0.15, -0.1) is 0 Å². The van der Waals surface area contributed by atoms with E-state index in [0.717, 1.165) is 22.0 Å². The van der Waals surface area contributed by atoms with E-state index in [1.165, 1.54) is 6.07 Å². The zero-order valence-electron chi connectivity index (χ0n) is 12.9. The fourth-order valence-corrected chi connectivity index (χ4v) is 2.96. The second kappa shape index (κ2) is 6.37. The van der Waals surface area contributed by atoms with Crippen LogP contribution in [-0.2, 0) is 11.2 Å². The summed E-state index contributed by atoms with van der Waals surface area (Å²) >= 11 is 6.21. The van der Waals surface area contributed by atoms with E-state index in [0.29, 0.717) is 10.7 Å². The first-order valence-corrected chi connectivity index (χ1v) is 7.72. The fraction of sp³-hybridized carbons (Fsp3) is 0.111. The van der Waals surface area contributed by atoms with E-state index in [2.05, 4.69) is 10.3 Å². The number of carbonyl (C=O) groups excluding carboxylic acids is 1. The van der Waals surface area contributed by atoms with Gasteiger partial charge in [0.15, 0.2) is 0 Å². The van der Waals surface area contributed by atoms with Crippen molar-refractivity contribution in [2.75, 3.05) is 5.32 Å². The van der Waals surface area contributed by atoms with E-state index in [1.807, 2.05) is 19.1 Å². The third kappa shape index (κ3) is 3.12. The number of nitrogens with one attached hydrogen (secondary N) is 2. The first-order chi connectivity index (χ1) is 11.5. The van der Waals surface area contributed by atoms with Gasteiger partial charge in [-0.25, -0.2) is 4.79 Å². The first kappa shape index (κ1) is 16.1. The van der Waals surface area contributed by atoms with Crippen molar-refractivity contribution >= 4 is 40.1 Å². The molecule has 122 valence electrons. The van der Waals surface area contributed by atoms with Crippen LogP contribution in [0.4, 0.5) is 5.69 Å². The molecule has 0 saturated carbocycles. The number of aryl methyl sites for hydroxylation is 1. The molecule has 0 aliphatic rings. The Balaban J connectivity index is 1.86. The summed E-state index contributed by atoms with van der Waals surface area (Å²) in [5.41, 5.74) is 2.83. The van der Waals surface area contributed by atoms with Gasteiger partial charge in [-0.05, 0) is 42.3 Å². The summed E-state index contributed by atoms with van der Waals surface area (Å²) in [4.78, 5) is 26.7. The Morgan fingerprint density at radius 1 is 1.25 bits per heavy atom. The van der Waals surface area contributed by atoms with E-state index < -0.39 is 5.97 Å². The van der Waals surface area contributed by atoms with Crippen molar-refractivity contribution in [1.29, 1.82) is 0 Å². The van der Waals surface area contributed by atoms with Gasteiger partial charge in [0.25, 0.3) is 0 Å². The summed E-state index contributed by atoms with van der Waals surface area (Å²) in [6.45, 7) is 1.83. The lowest BCUT2D eigenvalue weighted by Crippen LogP contribution is -2.16. The Hall–Kier alpha value is -2.79. The minimum Gasteiger partial charge on any atom is -0.478 e. The van der Waals surface area contributed by atoms with E-state index in [4.69, 9.17) is 11.6 Å². The molecule has 0 fully saturated rings. The maximum absolute atomic E-state index is 12.4. The summed E-state index contributed by atoms with van der Waals surface area (Å²) in [5.74, 6) is -1.38. The molecule has 0 unspecified atom stereocenters. The number of halogens is 1. The van der Waals surface area contributed by atoms with Crippen LogP contribution in [0, 0.1) is 6.92 Å². The van der Waals surface area contributed by atoms with Gasteiger partial charge < -0.3 is 15.4 Å². The number of aromatic carboxylic acids is 1. The molecule has 3 rings (SSSR count). The van der Waals surface area contributed by atoms with Crippen molar-refractivity contribution in [1.82, 2.24) is 4.98 Å². The van der Waals surface area contributed by atoms with Gasteiger partial charge >= 0.3 is 5.97 Å². The maximum Gasteiger partial charge on any atom is 0.337 e. The van der Waals surface area contributed by atoms with Crippen LogP contribution in [0.3, 0.4) is 0 Å². The van der Waals surface area contributed by atoms with Crippen LogP contribution in [-0.4, -0.2) is 22.0 Å². The molecule has 0 saturated heterocycles. The Labute approximate surface area is 143 Å². The lowest BCUT2D eigenvalue weighted by Gasteiger charge is -2.09. The highest BCUT2D eigenvalue weighted by molar-refractivity contribution is 6.35. The van der Waals surface area contributed by atoms with Crippen molar-refractivity contribution < 1.29 is 14.7 Å². The van der Waals surface area contributed by atoms with Crippen LogP contribution < -0.4 is 5.32 Å². The average molecular weight is 343 g/mol. The number of carboxylic acids is 1.